The molecule has 0 bridgehead atoms. The molecule has 0 radical (unpaired) electrons. The lowest BCUT2D eigenvalue weighted by molar-refractivity contribution is -0.118. The number of amides is 1. The zero-order valence-corrected chi connectivity index (χ0v) is 8.65. The van der Waals surface area contributed by atoms with Gasteiger partial charge in [-0.05, 0) is 25.5 Å². The van der Waals surface area contributed by atoms with E-state index in [4.69, 9.17) is 11.5 Å². The SMILES string of the molecule is Cc1cc([C@@H](N)CC(N)=O)c(C)s1. The minimum atomic E-state index is -0.351. The smallest absolute Gasteiger partial charge is 0.219 e. The third-order valence-electron chi connectivity index (χ3n) is 1.90. The van der Waals surface area contributed by atoms with Crippen LogP contribution in [0, 0.1) is 13.8 Å². The zero-order valence-electron chi connectivity index (χ0n) is 7.83. The minimum absolute atomic E-state index is 0.219. The van der Waals surface area contributed by atoms with Gasteiger partial charge in [0.25, 0.3) is 0 Å². The lowest BCUT2D eigenvalue weighted by Gasteiger charge is -2.08. The molecule has 0 fully saturated rings. The normalized spacial score (nSPS) is 12.8. The van der Waals surface area contributed by atoms with Crippen molar-refractivity contribution >= 4 is 17.2 Å². The van der Waals surface area contributed by atoms with E-state index in [1.54, 1.807) is 11.3 Å². The van der Waals surface area contributed by atoms with E-state index in [0.29, 0.717) is 0 Å². The lowest BCUT2D eigenvalue weighted by atomic mass is 10.1. The standard InChI is InChI=1S/C9H14N2OS/c1-5-3-7(6(2)13-5)8(10)4-9(11)12/h3,8H,4,10H2,1-2H3,(H2,11,12)/t8-/m0/s1. The Morgan fingerprint density at radius 1 is 1.62 bits per heavy atom. The van der Waals surface area contributed by atoms with Crippen molar-refractivity contribution in [1.29, 1.82) is 0 Å². The van der Waals surface area contributed by atoms with Gasteiger partial charge in [-0.15, -0.1) is 11.3 Å². The first kappa shape index (κ1) is 10.2. The second-order valence-electron chi connectivity index (χ2n) is 3.15. The van der Waals surface area contributed by atoms with Crippen molar-refractivity contribution in [3.63, 3.8) is 0 Å². The second-order valence-corrected chi connectivity index (χ2v) is 4.61. The van der Waals surface area contributed by atoms with Crippen molar-refractivity contribution in [2.24, 2.45) is 11.5 Å². The Morgan fingerprint density at radius 3 is 2.62 bits per heavy atom. The van der Waals surface area contributed by atoms with Gasteiger partial charge < -0.3 is 11.5 Å². The Labute approximate surface area is 81.7 Å². The van der Waals surface area contributed by atoms with Crippen LogP contribution in [0.3, 0.4) is 0 Å². The van der Waals surface area contributed by atoms with E-state index in [1.807, 2.05) is 19.9 Å². The molecule has 0 aliphatic rings. The first-order valence-corrected chi connectivity index (χ1v) is 4.93. The Morgan fingerprint density at radius 2 is 2.23 bits per heavy atom. The Balaban J connectivity index is 2.81. The Hall–Kier alpha value is -0.870. The van der Waals surface area contributed by atoms with Crippen molar-refractivity contribution in [2.75, 3.05) is 0 Å². The highest BCUT2D eigenvalue weighted by Gasteiger charge is 2.13. The predicted octanol–water partition coefficient (Wildman–Crippen LogP) is 1.24. The monoisotopic (exact) mass is 198 g/mol. The molecule has 0 unspecified atom stereocenters. The van der Waals surface area contributed by atoms with Crippen LogP contribution in [-0.2, 0) is 4.79 Å². The summed E-state index contributed by atoms with van der Waals surface area (Å²) in [6.07, 6.45) is 0.219. The molecular weight excluding hydrogens is 184 g/mol. The van der Waals surface area contributed by atoms with E-state index in [9.17, 15) is 4.79 Å². The number of nitrogens with two attached hydrogens (primary N) is 2. The lowest BCUT2D eigenvalue weighted by Crippen LogP contribution is -2.20. The van der Waals surface area contributed by atoms with Gasteiger partial charge in [0.2, 0.25) is 5.91 Å². The molecule has 1 aromatic rings. The number of carbonyl (C=O) groups excluding carboxylic acids is 1. The Bertz CT molecular complexity index is 319. The molecule has 1 amide bonds. The number of thiophene rings is 1. The highest BCUT2D eigenvalue weighted by molar-refractivity contribution is 7.12. The molecule has 0 saturated carbocycles. The topological polar surface area (TPSA) is 69.1 Å². The van der Waals surface area contributed by atoms with E-state index in [1.165, 1.54) is 9.75 Å². The number of hydrogen-bond acceptors (Lipinski definition) is 3. The van der Waals surface area contributed by atoms with Crippen molar-refractivity contribution in [3.05, 3.63) is 21.4 Å². The molecule has 3 nitrogen and oxygen atoms in total. The van der Waals surface area contributed by atoms with Crippen LogP contribution in [0.2, 0.25) is 0 Å². The van der Waals surface area contributed by atoms with Gasteiger partial charge in [0.1, 0.15) is 0 Å². The van der Waals surface area contributed by atoms with E-state index in [2.05, 4.69) is 0 Å². The van der Waals surface area contributed by atoms with E-state index < -0.39 is 0 Å². The van der Waals surface area contributed by atoms with Crippen LogP contribution in [0.1, 0.15) is 27.8 Å². The van der Waals surface area contributed by atoms with Crippen molar-refractivity contribution < 1.29 is 4.79 Å². The average molecular weight is 198 g/mol. The molecule has 1 rings (SSSR count). The molecule has 0 spiro atoms. The molecule has 1 atom stereocenters. The molecule has 1 aromatic heterocycles. The Kier molecular flexibility index (Phi) is 3.06. The zero-order chi connectivity index (χ0) is 10.0. The third-order valence-corrected chi connectivity index (χ3v) is 2.88. The number of primary amides is 1. The van der Waals surface area contributed by atoms with Crippen molar-refractivity contribution in [3.8, 4) is 0 Å². The number of carbonyl (C=O) groups is 1. The van der Waals surface area contributed by atoms with Crippen LogP contribution in [0.4, 0.5) is 0 Å². The van der Waals surface area contributed by atoms with Crippen molar-refractivity contribution in [1.82, 2.24) is 0 Å². The molecule has 4 heteroatoms. The molecular formula is C9H14N2OS. The van der Waals surface area contributed by atoms with Gasteiger partial charge in [-0.2, -0.15) is 0 Å². The summed E-state index contributed by atoms with van der Waals surface area (Å²) in [5.41, 5.74) is 11.9. The van der Waals surface area contributed by atoms with Crippen LogP contribution in [-0.4, -0.2) is 5.91 Å². The quantitative estimate of drug-likeness (QED) is 0.767. The van der Waals surface area contributed by atoms with Crippen LogP contribution in [0.5, 0.6) is 0 Å². The highest BCUT2D eigenvalue weighted by Crippen LogP contribution is 2.26. The molecule has 0 aromatic carbocycles. The van der Waals surface area contributed by atoms with Crippen molar-refractivity contribution in [2.45, 2.75) is 26.3 Å². The van der Waals surface area contributed by atoms with Crippen LogP contribution in [0.25, 0.3) is 0 Å². The van der Waals surface area contributed by atoms with Gasteiger partial charge in [-0.25, -0.2) is 0 Å². The molecule has 0 aliphatic carbocycles. The van der Waals surface area contributed by atoms with Crippen LogP contribution < -0.4 is 11.5 Å². The maximum absolute atomic E-state index is 10.6. The molecule has 0 aliphatic heterocycles. The van der Waals surface area contributed by atoms with Gasteiger partial charge in [-0.1, -0.05) is 0 Å². The summed E-state index contributed by atoms with van der Waals surface area (Å²) in [6, 6.07) is 1.77. The summed E-state index contributed by atoms with van der Waals surface area (Å²) < 4.78 is 0. The average Bonchev–Trinajstić information content (AvgIpc) is 2.28. The van der Waals surface area contributed by atoms with E-state index in [-0.39, 0.29) is 18.4 Å². The summed E-state index contributed by atoms with van der Waals surface area (Å²) >= 11 is 1.69. The fourth-order valence-electron chi connectivity index (χ4n) is 1.35. The molecule has 13 heavy (non-hydrogen) atoms. The van der Waals surface area contributed by atoms with Gasteiger partial charge in [-0.3, -0.25) is 4.79 Å². The molecule has 1 heterocycles. The minimum Gasteiger partial charge on any atom is -0.370 e. The summed E-state index contributed by atoms with van der Waals surface area (Å²) in [4.78, 5) is 13.0. The number of aryl methyl sites for hydroxylation is 2. The summed E-state index contributed by atoms with van der Waals surface area (Å²) in [5, 5.41) is 0. The molecule has 0 saturated heterocycles. The summed E-state index contributed by atoms with van der Waals surface area (Å²) in [7, 11) is 0. The van der Waals surface area contributed by atoms with E-state index in [0.717, 1.165) is 5.56 Å². The molecule has 72 valence electrons. The first-order valence-electron chi connectivity index (χ1n) is 4.11. The number of hydrogen-bond donors (Lipinski definition) is 2. The maximum Gasteiger partial charge on any atom is 0.219 e. The van der Waals surface area contributed by atoms with Crippen LogP contribution in [0.15, 0.2) is 6.07 Å². The predicted molar refractivity (Wildman–Crippen MR) is 54.5 cm³/mol. The molecule has 4 N–H and O–H groups in total. The van der Waals surface area contributed by atoms with Gasteiger partial charge in [0.15, 0.2) is 0 Å². The third kappa shape index (κ3) is 2.54. The number of rotatable bonds is 3. The highest BCUT2D eigenvalue weighted by atomic mass is 32.1. The van der Waals surface area contributed by atoms with Crippen LogP contribution >= 0.6 is 11.3 Å². The fraction of sp³-hybridized carbons (Fsp3) is 0.444. The fourth-order valence-corrected chi connectivity index (χ4v) is 2.34. The second kappa shape index (κ2) is 3.89. The maximum atomic E-state index is 10.6. The van der Waals surface area contributed by atoms with Gasteiger partial charge in [0, 0.05) is 22.2 Å². The summed E-state index contributed by atoms with van der Waals surface area (Å²) in [6.45, 7) is 4.03. The largest absolute Gasteiger partial charge is 0.370 e. The first-order chi connectivity index (χ1) is 6.00. The van der Waals surface area contributed by atoms with E-state index >= 15 is 0 Å². The van der Waals surface area contributed by atoms with Gasteiger partial charge in [0.05, 0.1) is 0 Å². The summed E-state index contributed by atoms with van der Waals surface area (Å²) in [5.74, 6) is -0.351. The van der Waals surface area contributed by atoms with Gasteiger partial charge >= 0.3 is 0 Å².